The van der Waals surface area contributed by atoms with Gasteiger partial charge in [-0.15, -0.1) is 0 Å². The number of nitrogens with one attached hydrogen (secondary N) is 1. The molecule has 0 bridgehead atoms. The zero-order valence-corrected chi connectivity index (χ0v) is 10.2. The lowest BCUT2D eigenvalue weighted by Gasteiger charge is -2.25. The lowest BCUT2D eigenvalue weighted by atomic mass is 10.4. The number of amides is 1. The molecule has 0 saturated carbocycles. The van der Waals surface area contributed by atoms with Gasteiger partial charge < -0.3 is 15.1 Å². The van der Waals surface area contributed by atoms with Crippen molar-refractivity contribution in [1.29, 1.82) is 0 Å². The van der Waals surface area contributed by atoms with E-state index >= 15 is 0 Å². The van der Waals surface area contributed by atoms with Crippen LogP contribution < -0.4 is 5.32 Å². The zero-order valence-electron chi connectivity index (χ0n) is 7.08. The normalized spacial score (nSPS) is 15.0. The first kappa shape index (κ1) is 14.5. The van der Waals surface area contributed by atoms with Crippen LogP contribution in [-0.4, -0.2) is 25.3 Å². The predicted molar refractivity (Wildman–Crippen MR) is 54.6 cm³/mol. The Morgan fingerprint density at radius 2 is 1.93 bits per heavy atom. The maximum Gasteiger partial charge on any atom is 0.352 e. The molecule has 1 unspecified atom stereocenters. The number of carbonyl (C=O) groups is 1. The van der Waals surface area contributed by atoms with Crippen LogP contribution in [0, 0.1) is 0 Å². The van der Waals surface area contributed by atoms with Crippen molar-refractivity contribution < 1.29 is 19.1 Å². The van der Waals surface area contributed by atoms with Crippen molar-refractivity contribution in [2.75, 3.05) is 0 Å². The molecule has 0 aromatic heterocycles. The van der Waals surface area contributed by atoms with E-state index in [0.29, 0.717) is 0 Å². The van der Waals surface area contributed by atoms with E-state index in [0.717, 1.165) is 0 Å². The van der Waals surface area contributed by atoms with E-state index in [9.17, 15) is 9.36 Å². The quantitative estimate of drug-likeness (QED) is 0.540. The van der Waals surface area contributed by atoms with Crippen molar-refractivity contribution in [2.45, 2.75) is 22.9 Å². The molecule has 84 valence electrons. The lowest BCUT2D eigenvalue weighted by molar-refractivity contribution is -0.121. The lowest BCUT2D eigenvalue weighted by Crippen LogP contribution is -2.43. The highest BCUT2D eigenvalue weighted by Gasteiger charge is 2.45. The molecule has 0 heterocycles. The van der Waals surface area contributed by atoms with Gasteiger partial charge in [-0.05, 0) is 0 Å². The molecular formula is C5H9Cl3NO4P. The summed E-state index contributed by atoms with van der Waals surface area (Å²) in [5.41, 5.74) is 0. The Kier molecular flexibility index (Phi) is 5.19. The van der Waals surface area contributed by atoms with Crippen LogP contribution in [0.25, 0.3) is 0 Å². The molecule has 0 radical (unpaired) electrons. The molecule has 0 rings (SSSR count). The van der Waals surface area contributed by atoms with E-state index in [2.05, 4.69) is 0 Å². The van der Waals surface area contributed by atoms with E-state index in [4.69, 9.17) is 44.6 Å². The molecule has 0 aliphatic rings. The van der Waals surface area contributed by atoms with Crippen LogP contribution in [0.5, 0.6) is 0 Å². The average molecular weight is 284 g/mol. The Morgan fingerprint density at radius 1 is 1.50 bits per heavy atom. The fraction of sp³-hybridized carbons (Fsp3) is 0.800. The fourth-order valence-corrected chi connectivity index (χ4v) is 2.61. The summed E-state index contributed by atoms with van der Waals surface area (Å²) < 4.78 is 8.61. The van der Waals surface area contributed by atoms with Crippen LogP contribution in [0.4, 0.5) is 0 Å². The van der Waals surface area contributed by atoms with E-state index < -0.39 is 23.1 Å². The zero-order chi connectivity index (χ0) is 11.6. The molecule has 5 nitrogen and oxygen atoms in total. The molecule has 0 aliphatic heterocycles. The summed E-state index contributed by atoms with van der Waals surface area (Å²) in [6, 6.07) is 0. The van der Waals surface area contributed by atoms with Gasteiger partial charge in [-0.3, -0.25) is 9.36 Å². The number of alkyl halides is 3. The number of hydrogen-bond acceptors (Lipinski definition) is 2. The van der Waals surface area contributed by atoms with Crippen LogP contribution >= 0.6 is 42.4 Å². The van der Waals surface area contributed by atoms with Crippen LogP contribution in [0.1, 0.15) is 13.3 Å². The standard InChI is InChI=1S/C5H9Cl3NO4P/c1-2-3(10)9-4(5(6,7)8)14(11,12)13/h4H,2H2,1H3,(H,9,10)(H2,11,12,13). The smallest absolute Gasteiger partial charge is 0.339 e. The van der Waals surface area contributed by atoms with E-state index in [1.165, 1.54) is 6.92 Å². The van der Waals surface area contributed by atoms with Crippen LogP contribution in [0.3, 0.4) is 0 Å². The van der Waals surface area contributed by atoms with Gasteiger partial charge in [0.05, 0.1) is 0 Å². The van der Waals surface area contributed by atoms with Crippen LogP contribution in [0.2, 0.25) is 0 Å². The SMILES string of the molecule is CCC(=O)NC(C(Cl)(Cl)Cl)P(=O)(O)O. The maximum absolute atomic E-state index is 10.9. The Bertz CT molecular complexity index is 260. The Balaban J connectivity index is 4.77. The molecule has 14 heavy (non-hydrogen) atoms. The number of halogens is 3. The summed E-state index contributed by atoms with van der Waals surface area (Å²) in [5.74, 6) is -2.43. The van der Waals surface area contributed by atoms with Gasteiger partial charge in [0.2, 0.25) is 9.70 Å². The average Bonchev–Trinajstić information content (AvgIpc) is 1.95. The minimum atomic E-state index is -4.69. The Morgan fingerprint density at radius 3 is 2.14 bits per heavy atom. The second kappa shape index (κ2) is 5.01. The fourth-order valence-electron chi connectivity index (χ4n) is 0.611. The highest BCUT2D eigenvalue weighted by molar-refractivity contribution is 7.53. The van der Waals surface area contributed by atoms with Gasteiger partial charge >= 0.3 is 7.60 Å². The second-order valence-corrected chi connectivity index (χ2v) is 6.52. The molecule has 0 fully saturated rings. The van der Waals surface area contributed by atoms with E-state index in [1.807, 2.05) is 5.32 Å². The minimum absolute atomic E-state index is 0.0389. The monoisotopic (exact) mass is 283 g/mol. The summed E-state index contributed by atoms with van der Waals surface area (Å²) in [5, 5.41) is 1.95. The molecule has 1 atom stereocenters. The third-order valence-electron chi connectivity index (χ3n) is 1.27. The molecule has 0 aromatic rings. The van der Waals surface area contributed by atoms with Crippen molar-refractivity contribution >= 4 is 48.3 Å². The summed E-state index contributed by atoms with van der Waals surface area (Å²) in [6.45, 7) is 1.50. The third kappa shape index (κ3) is 4.82. The highest BCUT2D eigenvalue weighted by atomic mass is 35.6. The third-order valence-corrected chi connectivity index (χ3v) is 3.57. The van der Waals surface area contributed by atoms with Crippen LogP contribution in [-0.2, 0) is 9.36 Å². The first-order chi connectivity index (χ1) is 6.09. The number of rotatable bonds is 3. The van der Waals surface area contributed by atoms with Crippen molar-refractivity contribution in [2.24, 2.45) is 0 Å². The summed E-state index contributed by atoms with van der Waals surface area (Å²) in [4.78, 5) is 28.5. The van der Waals surface area contributed by atoms with Gasteiger partial charge in [0.15, 0.2) is 5.78 Å². The molecule has 0 saturated heterocycles. The largest absolute Gasteiger partial charge is 0.352 e. The molecular weight excluding hydrogens is 275 g/mol. The number of carbonyl (C=O) groups excluding carboxylic acids is 1. The van der Waals surface area contributed by atoms with Crippen molar-refractivity contribution in [1.82, 2.24) is 5.32 Å². The molecule has 0 spiro atoms. The summed E-state index contributed by atoms with van der Waals surface area (Å²) in [6.07, 6.45) is 0.0389. The van der Waals surface area contributed by atoms with Gasteiger partial charge in [-0.1, -0.05) is 41.7 Å². The minimum Gasteiger partial charge on any atom is -0.339 e. The van der Waals surface area contributed by atoms with Crippen molar-refractivity contribution in [3.63, 3.8) is 0 Å². The molecule has 0 aromatic carbocycles. The van der Waals surface area contributed by atoms with Crippen molar-refractivity contribution in [3.8, 4) is 0 Å². The first-order valence-electron chi connectivity index (χ1n) is 3.50. The number of hydrogen-bond donors (Lipinski definition) is 3. The predicted octanol–water partition coefficient (Wildman–Crippen LogP) is 1.39. The van der Waals surface area contributed by atoms with E-state index in [1.54, 1.807) is 0 Å². The molecule has 1 amide bonds. The summed E-state index contributed by atoms with van der Waals surface area (Å²) in [7, 11) is -4.69. The van der Waals surface area contributed by atoms with E-state index in [-0.39, 0.29) is 6.42 Å². The van der Waals surface area contributed by atoms with Gasteiger partial charge in [-0.2, -0.15) is 0 Å². The van der Waals surface area contributed by atoms with Gasteiger partial charge in [0.25, 0.3) is 0 Å². The van der Waals surface area contributed by atoms with Crippen molar-refractivity contribution in [3.05, 3.63) is 0 Å². The topological polar surface area (TPSA) is 86.6 Å². The first-order valence-corrected chi connectivity index (χ1v) is 6.32. The Labute approximate surface area is 95.9 Å². The van der Waals surface area contributed by atoms with Gasteiger partial charge in [0, 0.05) is 6.42 Å². The molecule has 0 aliphatic carbocycles. The van der Waals surface area contributed by atoms with Crippen LogP contribution in [0.15, 0.2) is 0 Å². The Hall–Kier alpha value is 0.490. The maximum atomic E-state index is 10.9. The molecule has 9 heteroatoms. The molecule has 3 N–H and O–H groups in total. The second-order valence-electron chi connectivity index (χ2n) is 2.45. The van der Waals surface area contributed by atoms with Gasteiger partial charge in [-0.25, -0.2) is 0 Å². The summed E-state index contributed by atoms with van der Waals surface area (Å²) >= 11 is 15.9. The van der Waals surface area contributed by atoms with Gasteiger partial charge in [0.1, 0.15) is 0 Å². The highest BCUT2D eigenvalue weighted by Crippen LogP contribution is 2.50.